The molecule has 1 atom stereocenters. The monoisotopic (exact) mass is 410 g/mol. The Morgan fingerprint density at radius 1 is 1.20 bits per heavy atom. The lowest BCUT2D eigenvalue weighted by Crippen LogP contribution is -2.16. The molecule has 4 aromatic rings. The number of nitrogens with one attached hydrogen (secondary N) is 3. The Bertz CT molecular complexity index is 1210. The molecule has 0 spiro atoms. The molecule has 156 valence electrons. The van der Waals surface area contributed by atoms with Crippen LogP contribution in [0.5, 0.6) is 0 Å². The van der Waals surface area contributed by atoms with Crippen molar-refractivity contribution >= 4 is 39.7 Å². The van der Waals surface area contributed by atoms with Crippen LogP contribution in [0.25, 0.3) is 22.1 Å². The number of aryl methyl sites for hydroxylation is 1. The zero-order chi connectivity index (χ0) is 21.3. The van der Waals surface area contributed by atoms with Crippen LogP contribution in [-0.4, -0.2) is 45.2 Å². The van der Waals surface area contributed by atoms with Crippen molar-refractivity contribution in [2.75, 3.05) is 36.6 Å². The fourth-order valence-corrected chi connectivity index (χ4v) is 3.35. The zero-order valence-corrected chi connectivity index (χ0v) is 17.0. The molecule has 0 fully saturated rings. The van der Waals surface area contributed by atoms with E-state index < -0.39 is 0 Å². The lowest BCUT2D eigenvalue weighted by molar-refractivity contribution is 0.210. The summed E-state index contributed by atoms with van der Waals surface area (Å²) in [5.74, 6) is 1.02. The second kappa shape index (κ2) is 8.07. The van der Waals surface area contributed by atoms with Gasteiger partial charge in [0.1, 0.15) is 17.2 Å². The summed E-state index contributed by atoms with van der Waals surface area (Å²) in [7, 11) is 1.63. The average Bonchev–Trinajstić information content (AvgIpc) is 3.19. The first kappa shape index (κ1) is 19.8. The number of halogens is 1. The maximum atomic E-state index is 14.1. The minimum Gasteiger partial charge on any atom is -0.383 e. The number of anilines is 3. The fraction of sp³-hybridized carbons (Fsp3) is 0.300. The van der Waals surface area contributed by atoms with Gasteiger partial charge in [-0.15, -0.1) is 0 Å². The molecule has 0 aliphatic rings. The standard InChI is InChI=1S/C20H23FN8O/c1-10-14(21)5-4-12-8-13(17(27-15(10)12)23-6-7-30-3)11(2)26-19-16-18(25-9-24-16)28-20(22)29-19/h4-5,8-9,11H,6-7H2,1-3H3,(H,23,27)(H4,22,24,25,26,28,29)/t11-/m0/s1. The number of ether oxygens (including phenoxy) is 1. The molecule has 5 N–H and O–H groups in total. The van der Waals surface area contributed by atoms with Crippen LogP contribution in [0.2, 0.25) is 0 Å². The van der Waals surface area contributed by atoms with Crippen molar-refractivity contribution in [3.8, 4) is 0 Å². The van der Waals surface area contributed by atoms with Gasteiger partial charge in [0, 0.05) is 30.2 Å². The molecular formula is C20H23FN8O. The van der Waals surface area contributed by atoms with Crippen LogP contribution < -0.4 is 16.4 Å². The van der Waals surface area contributed by atoms with Gasteiger partial charge < -0.3 is 26.1 Å². The molecule has 10 heteroatoms. The summed E-state index contributed by atoms with van der Waals surface area (Å²) in [6, 6.07) is 4.98. The maximum Gasteiger partial charge on any atom is 0.224 e. The third-order valence-electron chi connectivity index (χ3n) is 4.92. The number of benzene rings is 1. The SMILES string of the molecule is COCCNc1nc2c(C)c(F)ccc2cc1[C@H](C)Nc1nc(N)nc2[nH]cnc12. The van der Waals surface area contributed by atoms with Crippen LogP contribution in [0.4, 0.5) is 22.0 Å². The molecule has 0 unspecified atom stereocenters. The van der Waals surface area contributed by atoms with E-state index in [9.17, 15) is 4.39 Å². The number of nitrogens with zero attached hydrogens (tertiary/aromatic N) is 4. The van der Waals surface area contributed by atoms with Crippen LogP contribution in [0, 0.1) is 12.7 Å². The molecular weight excluding hydrogens is 387 g/mol. The number of fused-ring (bicyclic) bond motifs is 2. The molecule has 3 heterocycles. The largest absolute Gasteiger partial charge is 0.383 e. The second-order valence-electron chi connectivity index (χ2n) is 6.99. The summed E-state index contributed by atoms with van der Waals surface area (Å²) in [6.07, 6.45) is 1.54. The summed E-state index contributed by atoms with van der Waals surface area (Å²) in [5, 5.41) is 7.49. The number of pyridine rings is 1. The van der Waals surface area contributed by atoms with Crippen LogP contribution in [0.1, 0.15) is 24.1 Å². The Balaban J connectivity index is 1.76. The first-order chi connectivity index (χ1) is 14.5. The fourth-order valence-electron chi connectivity index (χ4n) is 3.35. The smallest absolute Gasteiger partial charge is 0.224 e. The first-order valence-corrected chi connectivity index (χ1v) is 9.53. The Kier molecular flexibility index (Phi) is 5.32. The number of hydrogen-bond acceptors (Lipinski definition) is 8. The molecule has 0 radical (unpaired) electrons. The van der Waals surface area contributed by atoms with Gasteiger partial charge in [-0.1, -0.05) is 0 Å². The van der Waals surface area contributed by atoms with Gasteiger partial charge in [-0.25, -0.2) is 14.4 Å². The lowest BCUT2D eigenvalue weighted by atomic mass is 10.0. The number of imidazole rings is 1. The number of rotatable bonds is 7. The molecule has 4 rings (SSSR count). The number of aromatic nitrogens is 5. The number of nitrogens with two attached hydrogens (primary N) is 1. The Labute approximate surface area is 172 Å². The maximum absolute atomic E-state index is 14.1. The van der Waals surface area contributed by atoms with Crippen LogP contribution in [-0.2, 0) is 4.74 Å². The van der Waals surface area contributed by atoms with Crippen molar-refractivity contribution in [1.29, 1.82) is 0 Å². The average molecular weight is 410 g/mol. The summed E-state index contributed by atoms with van der Waals surface area (Å²) in [4.78, 5) is 20.4. The predicted molar refractivity (Wildman–Crippen MR) is 115 cm³/mol. The zero-order valence-electron chi connectivity index (χ0n) is 17.0. The van der Waals surface area contributed by atoms with E-state index >= 15 is 0 Å². The molecule has 9 nitrogen and oxygen atoms in total. The third kappa shape index (κ3) is 3.69. The van der Waals surface area contributed by atoms with Crippen molar-refractivity contribution in [1.82, 2.24) is 24.9 Å². The first-order valence-electron chi connectivity index (χ1n) is 9.53. The van der Waals surface area contributed by atoms with Gasteiger partial charge in [-0.3, -0.25) is 0 Å². The third-order valence-corrected chi connectivity index (χ3v) is 4.92. The van der Waals surface area contributed by atoms with Gasteiger partial charge >= 0.3 is 0 Å². The van der Waals surface area contributed by atoms with E-state index in [1.165, 1.54) is 6.07 Å². The number of H-pyrrole nitrogens is 1. The van der Waals surface area contributed by atoms with E-state index in [1.807, 2.05) is 13.0 Å². The number of nitrogen functional groups attached to an aromatic ring is 1. The Morgan fingerprint density at radius 2 is 2.03 bits per heavy atom. The van der Waals surface area contributed by atoms with Crippen molar-refractivity contribution in [3.05, 3.63) is 41.5 Å². The van der Waals surface area contributed by atoms with E-state index in [2.05, 4.69) is 30.6 Å². The molecule has 30 heavy (non-hydrogen) atoms. The van der Waals surface area contributed by atoms with E-state index in [-0.39, 0.29) is 17.8 Å². The van der Waals surface area contributed by atoms with Gasteiger partial charge in [-0.05, 0) is 32.0 Å². The van der Waals surface area contributed by atoms with E-state index in [0.29, 0.717) is 47.0 Å². The van der Waals surface area contributed by atoms with Crippen molar-refractivity contribution in [3.63, 3.8) is 0 Å². The van der Waals surface area contributed by atoms with Crippen LogP contribution >= 0.6 is 0 Å². The van der Waals surface area contributed by atoms with Crippen molar-refractivity contribution in [2.45, 2.75) is 19.9 Å². The number of hydrogen-bond donors (Lipinski definition) is 4. The summed E-state index contributed by atoms with van der Waals surface area (Å²) in [6.45, 7) is 4.78. The minimum absolute atomic E-state index is 0.141. The van der Waals surface area contributed by atoms with Crippen LogP contribution in [0.3, 0.4) is 0 Å². The van der Waals surface area contributed by atoms with Crippen molar-refractivity contribution < 1.29 is 9.13 Å². The highest BCUT2D eigenvalue weighted by molar-refractivity contribution is 5.86. The van der Waals surface area contributed by atoms with Gasteiger partial charge in [0.25, 0.3) is 0 Å². The van der Waals surface area contributed by atoms with Gasteiger partial charge in [0.15, 0.2) is 11.5 Å². The van der Waals surface area contributed by atoms with E-state index in [0.717, 1.165) is 10.9 Å². The molecule has 0 bridgehead atoms. The Morgan fingerprint density at radius 3 is 2.83 bits per heavy atom. The molecule has 3 aromatic heterocycles. The van der Waals surface area contributed by atoms with Crippen molar-refractivity contribution in [2.24, 2.45) is 0 Å². The summed E-state index contributed by atoms with van der Waals surface area (Å²) in [5.41, 5.74) is 9.00. The van der Waals surface area contributed by atoms with E-state index in [1.54, 1.807) is 26.4 Å². The quantitative estimate of drug-likeness (QED) is 0.342. The molecule has 0 aliphatic carbocycles. The molecule has 0 aliphatic heterocycles. The summed E-state index contributed by atoms with van der Waals surface area (Å²) < 4.78 is 19.2. The van der Waals surface area contributed by atoms with Gasteiger partial charge in [0.05, 0.1) is 24.5 Å². The Hall–Kier alpha value is -3.53. The molecule has 0 saturated heterocycles. The number of methoxy groups -OCH3 is 1. The second-order valence-corrected chi connectivity index (χ2v) is 6.99. The highest BCUT2D eigenvalue weighted by atomic mass is 19.1. The number of aromatic amines is 1. The molecule has 1 aromatic carbocycles. The predicted octanol–water partition coefficient (Wildman–Crippen LogP) is 3.16. The van der Waals surface area contributed by atoms with Gasteiger partial charge in [-0.2, -0.15) is 9.97 Å². The van der Waals surface area contributed by atoms with Gasteiger partial charge in [0.2, 0.25) is 5.95 Å². The minimum atomic E-state index is -0.283. The highest BCUT2D eigenvalue weighted by Gasteiger charge is 2.18. The normalized spacial score (nSPS) is 12.4. The molecule has 0 amide bonds. The lowest BCUT2D eigenvalue weighted by Gasteiger charge is -2.20. The van der Waals surface area contributed by atoms with E-state index in [4.69, 9.17) is 15.5 Å². The van der Waals surface area contributed by atoms with Crippen LogP contribution in [0.15, 0.2) is 24.5 Å². The topological polar surface area (TPSA) is 127 Å². The highest BCUT2D eigenvalue weighted by Crippen LogP contribution is 2.31. The molecule has 0 saturated carbocycles. The summed E-state index contributed by atoms with van der Waals surface area (Å²) >= 11 is 0.